The molecule has 1 rings (SSSR count). The number of ether oxygens (including phenoxy) is 1. The fraction of sp³-hybridized carbons (Fsp3) is 1.00. The normalized spacial score (nSPS) is 23.1. The lowest BCUT2D eigenvalue weighted by Crippen LogP contribution is -2.55. The molecule has 0 aromatic rings. The fourth-order valence-corrected chi connectivity index (χ4v) is 3.26. The van der Waals surface area contributed by atoms with E-state index >= 15 is 0 Å². The molecule has 0 heterocycles. The lowest BCUT2D eigenvalue weighted by atomic mass is 9.77. The average Bonchev–Trinajstić information content (AvgIpc) is 2.40. The van der Waals surface area contributed by atoms with Crippen LogP contribution in [0.15, 0.2) is 0 Å². The first kappa shape index (κ1) is 16.9. The molecule has 1 aliphatic carbocycles. The van der Waals surface area contributed by atoms with Gasteiger partial charge in [-0.05, 0) is 51.1 Å². The van der Waals surface area contributed by atoms with E-state index in [1.165, 1.54) is 38.6 Å². The van der Waals surface area contributed by atoms with Crippen LogP contribution in [0.3, 0.4) is 0 Å². The molecule has 0 aromatic carbocycles. The summed E-state index contributed by atoms with van der Waals surface area (Å²) in [6.45, 7) is 11.2. The number of nitrogens with one attached hydrogen (secondary N) is 1. The fourth-order valence-electron chi connectivity index (χ4n) is 3.26. The van der Waals surface area contributed by atoms with E-state index < -0.39 is 0 Å². The molecule has 0 radical (unpaired) electrons. The van der Waals surface area contributed by atoms with E-state index in [-0.39, 0.29) is 0 Å². The average molecular weight is 270 g/mol. The molecule has 19 heavy (non-hydrogen) atoms. The van der Waals surface area contributed by atoms with E-state index in [0.29, 0.717) is 0 Å². The summed E-state index contributed by atoms with van der Waals surface area (Å²) in [5.41, 5.74) is 0. The minimum atomic E-state index is 0.731. The van der Waals surface area contributed by atoms with Gasteiger partial charge in [-0.2, -0.15) is 0 Å². The number of hydrogen-bond donors (Lipinski definition) is 1. The first-order chi connectivity index (χ1) is 9.28. The van der Waals surface area contributed by atoms with Gasteiger partial charge in [0, 0.05) is 25.7 Å². The molecular formula is C16H34N2O. The standard InChI is InChI=1S/C16H34N2O/c1-5-10-17-13-14-8-9-16(14)18(11-12-19-4)15(6-2)7-3/h14-17H,5-13H2,1-4H3. The van der Waals surface area contributed by atoms with Crippen molar-refractivity contribution in [2.45, 2.75) is 65.0 Å². The number of rotatable bonds is 11. The summed E-state index contributed by atoms with van der Waals surface area (Å²) in [5.74, 6) is 0.851. The zero-order chi connectivity index (χ0) is 14.1. The van der Waals surface area contributed by atoms with Gasteiger partial charge in [0.1, 0.15) is 0 Å². The maximum atomic E-state index is 5.31. The molecule has 0 spiro atoms. The molecule has 3 nitrogen and oxygen atoms in total. The monoisotopic (exact) mass is 270 g/mol. The maximum Gasteiger partial charge on any atom is 0.0589 e. The summed E-state index contributed by atoms with van der Waals surface area (Å²) >= 11 is 0. The van der Waals surface area contributed by atoms with Crippen molar-refractivity contribution in [2.24, 2.45) is 5.92 Å². The second kappa shape index (κ2) is 9.73. The highest BCUT2D eigenvalue weighted by Gasteiger charge is 2.36. The van der Waals surface area contributed by atoms with Crippen LogP contribution in [0.5, 0.6) is 0 Å². The lowest BCUT2D eigenvalue weighted by molar-refractivity contribution is 0.00664. The molecule has 0 saturated heterocycles. The third-order valence-corrected chi connectivity index (χ3v) is 4.60. The molecule has 2 atom stereocenters. The maximum absolute atomic E-state index is 5.31. The molecule has 1 saturated carbocycles. The quantitative estimate of drug-likeness (QED) is 0.584. The van der Waals surface area contributed by atoms with Crippen molar-refractivity contribution in [3.63, 3.8) is 0 Å². The highest BCUT2D eigenvalue weighted by molar-refractivity contribution is 4.92. The minimum Gasteiger partial charge on any atom is -0.383 e. The van der Waals surface area contributed by atoms with Crippen LogP contribution in [0, 0.1) is 5.92 Å². The van der Waals surface area contributed by atoms with Gasteiger partial charge >= 0.3 is 0 Å². The van der Waals surface area contributed by atoms with Crippen molar-refractivity contribution in [2.75, 3.05) is 33.4 Å². The predicted molar refractivity (Wildman–Crippen MR) is 82.6 cm³/mol. The van der Waals surface area contributed by atoms with Gasteiger partial charge in [-0.15, -0.1) is 0 Å². The lowest BCUT2D eigenvalue weighted by Gasteiger charge is -2.48. The molecule has 0 amide bonds. The number of nitrogens with zero attached hydrogens (tertiary/aromatic N) is 1. The van der Waals surface area contributed by atoms with Crippen LogP contribution in [-0.2, 0) is 4.74 Å². The van der Waals surface area contributed by atoms with Crippen molar-refractivity contribution in [3.8, 4) is 0 Å². The topological polar surface area (TPSA) is 24.5 Å². The van der Waals surface area contributed by atoms with E-state index in [4.69, 9.17) is 4.74 Å². The van der Waals surface area contributed by atoms with Crippen molar-refractivity contribution in [1.82, 2.24) is 10.2 Å². The van der Waals surface area contributed by atoms with Gasteiger partial charge in [-0.1, -0.05) is 20.8 Å². The smallest absolute Gasteiger partial charge is 0.0589 e. The second-order valence-electron chi connectivity index (χ2n) is 5.81. The number of methoxy groups -OCH3 is 1. The Morgan fingerprint density at radius 3 is 2.42 bits per heavy atom. The Balaban J connectivity index is 2.48. The van der Waals surface area contributed by atoms with Gasteiger partial charge in [-0.25, -0.2) is 0 Å². The Morgan fingerprint density at radius 2 is 1.95 bits per heavy atom. The summed E-state index contributed by atoms with van der Waals surface area (Å²) < 4.78 is 5.31. The molecule has 1 aliphatic rings. The van der Waals surface area contributed by atoms with Crippen molar-refractivity contribution >= 4 is 0 Å². The summed E-state index contributed by atoms with van der Waals surface area (Å²) in [6.07, 6.45) is 6.51. The zero-order valence-electron chi connectivity index (χ0n) is 13.5. The van der Waals surface area contributed by atoms with E-state index in [1.54, 1.807) is 0 Å². The van der Waals surface area contributed by atoms with Gasteiger partial charge in [0.25, 0.3) is 0 Å². The van der Waals surface area contributed by atoms with E-state index in [2.05, 4.69) is 31.0 Å². The second-order valence-corrected chi connectivity index (χ2v) is 5.81. The predicted octanol–water partition coefficient (Wildman–Crippen LogP) is 2.90. The molecule has 2 unspecified atom stereocenters. The van der Waals surface area contributed by atoms with E-state index in [0.717, 1.165) is 37.7 Å². The van der Waals surface area contributed by atoms with Crippen molar-refractivity contribution in [3.05, 3.63) is 0 Å². The van der Waals surface area contributed by atoms with Crippen LogP contribution in [0.1, 0.15) is 52.9 Å². The van der Waals surface area contributed by atoms with Crippen molar-refractivity contribution < 1.29 is 4.74 Å². The van der Waals surface area contributed by atoms with Gasteiger partial charge in [0.05, 0.1) is 6.61 Å². The summed E-state index contributed by atoms with van der Waals surface area (Å²) in [7, 11) is 1.81. The van der Waals surface area contributed by atoms with Gasteiger partial charge in [0.2, 0.25) is 0 Å². The highest BCUT2D eigenvalue weighted by atomic mass is 16.5. The molecule has 3 heteroatoms. The molecule has 114 valence electrons. The zero-order valence-corrected chi connectivity index (χ0v) is 13.5. The third-order valence-electron chi connectivity index (χ3n) is 4.60. The molecule has 0 bridgehead atoms. The van der Waals surface area contributed by atoms with Gasteiger partial charge < -0.3 is 10.1 Å². The van der Waals surface area contributed by atoms with E-state index in [1.807, 2.05) is 7.11 Å². The molecule has 0 aliphatic heterocycles. The van der Waals surface area contributed by atoms with Gasteiger partial charge in [-0.3, -0.25) is 4.90 Å². The summed E-state index contributed by atoms with van der Waals surface area (Å²) in [6, 6.07) is 1.51. The van der Waals surface area contributed by atoms with Crippen LogP contribution in [0.4, 0.5) is 0 Å². The van der Waals surface area contributed by atoms with Crippen LogP contribution in [0.25, 0.3) is 0 Å². The third kappa shape index (κ3) is 5.05. The van der Waals surface area contributed by atoms with Crippen molar-refractivity contribution in [1.29, 1.82) is 0 Å². The van der Waals surface area contributed by atoms with Crippen LogP contribution < -0.4 is 5.32 Å². The molecule has 0 aromatic heterocycles. The Bertz CT molecular complexity index is 219. The van der Waals surface area contributed by atoms with Gasteiger partial charge in [0.15, 0.2) is 0 Å². The molecule has 1 fully saturated rings. The largest absolute Gasteiger partial charge is 0.383 e. The van der Waals surface area contributed by atoms with Crippen LogP contribution >= 0.6 is 0 Å². The highest BCUT2D eigenvalue weighted by Crippen LogP contribution is 2.33. The number of hydrogen-bond acceptors (Lipinski definition) is 3. The van der Waals surface area contributed by atoms with E-state index in [9.17, 15) is 0 Å². The minimum absolute atomic E-state index is 0.731. The first-order valence-corrected chi connectivity index (χ1v) is 8.23. The Kier molecular flexibility index (Phi) is 8.67. The Morgan fingerprint density at radius 1 is 1.21 bits per heavy atom. The summed E-state index contributed by atoms with van der Waals surface area (Å²) in [4.78, 5) is 2.73. The van der Waals surface area contributed by atoms with Crippen LogP contribution in [0.2, 0.25) is 0 Å². The Hall–Kier alpha value is -0.120. The molecular weight excluding hydrogens is 236 g/mol. The molecule has 1 N–H and O–H groups in total. The van der Waals surface area contributed by atoms with Crippen LogP contribution in [-0.4, -0.2) is 50.3 Å². The first-order valence-electron chi connectivity index (χ1n) is 8.23. The SMILES string of the molecule is CCCNCC1CCC1N(CCOC)C(CC)CC. The summed E-state index contributed by atoms with van der Waals surface area (Å²) in [5, 5.41) is 3.59. The Labute approximate surface area is 120 Å².